The van der Waals surface area contributed by atoms with Gasteiger partial charge in [0, 0.05) is 9.85 Å². The molecule has 0 heterocycles. The van der Waals surface area contributed by atoms with Crippen molar-refractivity contribution in [3.63, 3.8) is 0 Å². The van der Waals surface area contributed by atoms with Gasteiger partial charge in [-0.25, -0.2) is 0 Å². The standard InChI is InChI=1S/C16H16BrCl/c1-11-7-12(2)9-14(8-11)16(17)10-13-3-5-15(18)6-4-13/h3-9,16H,10H2,1-2H3. The molecule has 0 N–H and O–H groups in total. The lowest BCUT2D eigenvalue weighted by Crippen LogP contribution is -1.96. The summed E-state index contributed by atoms with van der Waals surface area (Å²) in [7, 11) is 0. The largest absolute Gasteiger partial charge is 0.0843 e. The monoisotopic (exact) mass is 322 g/mol. The Balaban J connectivity index is 2.16. The van der Waals surface area contributed by atoms with Crippen LogP contribution in [0, 0.1) is 13.8 Å². The number of rotatable bonds is 3. The second kappa shape index (κ2) is 5.90. The van der Waals surface area contributed by atoms with Gasteiger partial charge in [0.1, 0.15) is 0 Å². The van der Waals surface area contributed by atoms with Crippen LogP contribution in [-0.4, -0.2) is 0 Å². The lowest BCUT2D eigenvalue weighted by Gasteiger charge is -2.12. The predicted molar refractivity (Wildman–Crippen MR) is 82.7 cm³/mol. The summed E-state index contributed by atoms with van der Waals surface area (Å²) in [4.78, 5) is 0.345. The van der Waals surface area contributed by atoms with Gasteiger partial charge in [-0.05, 0) is 43.5 Å². The zero-order valence-electron chi connectivity index (χ0n) is 10.6. The van der Waals surface area contributed by atoms with Crippen molar-refractivity contribution in [2.75, 3.05) is 0 Å². The lowest BCUT2D eigenvalue weighted by atomic mass is 10.0. The Morgan fingerprint density at radius 2 is 1.56 bits per heavy atom. The molecule has 0 aliphatic rings. The molecule has 94 valence electrons. The predicted octanol–water partition coefficient (Wildman–Crippen LogP) is 5.64. The fourth-order valence-corrected chi connectivity index (χ4v) is 2.90. The summed E-state index contributed by atoms with van der Waals surface area (Å²) in [5, 5.41) is 0.788. The number of aryl methyl sites for hydroxylation is 2. The molecule has 0 saturated carbocycles. The van der Waals surface area contributed by atoms with Crippen molar-refractivity contribution in [1.82, 2.24) is 0 Å². The SMILES string of the molecule is Cc1cc(C)cc(C(Br)Cc2ccc(Cl)cc2)c1. The lowest BCUT2D eigenvalue weighted by molar-refractivity contribution is 0.944. The third-order valence-electron chi connectivity index (χ3n) is 2.93. The average Bonchev–Trinajstić information content (AvgIpc) is 2.31. The van der Waals surface area contributed by atoms with Gasteiger partial charge < -0.3 is 0 Å². The average molecular weight is 324 g/mol. The maximum Gasteiger partial charge on any atom is 0.0435 e. The van der Waals surface area contributed by atoms with E-state index < -0.39 is 0 Å². The maximum atomic E-state index is 5.90. The van der Waals surface area contributed by atoms with Gasteiger partial charge in [0.05, 0.1) is 0 Å². The van der Waals surface area contributed by atoms with E-state index in [1.807, 2.05) is 12.1 Å². The van der Waals surface area contributed by atoms with Crippen LogP contribution in [0.1, 0.15) is 27.1 Å². The highest BCUT2D eigenvalue weighted by Gasteiger charge is 2.09. The van der Waals surface area contributed by atoms with E-state index in [1.54, 1.807) is 0 Å². The summed E-state index contributed by atoms with van der Waals surface area (Å²) in [6.07, 6.45) is 0.972. The first kappa shape index (κ1) is 13.6. The normalized spacial score (nSPS) is 12.4. The van der Waals surface area contributed by atoms with Crippen molar-refractivity contribution in [2.24, 2.45) is 0 Å². The van der Waals surface area contributed by atoms with Gasteiger partial charge in [-0.1, -0.05) is 69.0 Å². The number of hydrogen-bond acceptors (Lipinski definition) is 0. The number of halogens is 2. The van der Waals surface area contributed by atoms with Gasteiger partial charge in [-0.3, -0.25) is 0 Å². The highest BCUT2D eigenvalue weighted by atomic mass is 79.9. The van der Waals surface area contributed by atoms with Gasteiger partial charge in [0.25, 0.3) is 0 Å². The molecule has 0 saturated heterocycles. The highest BCUT2D eigenvalue weighted by Crippen LogP contribution is 2.28. The van der Waals surface area contributed by atoms with Crippen molar-refractivity contribution >= 4 is 27.5 Å². The summed E-state index contributed by atoms with van der Waals surface area (Å²) in [5.41, 5.74) is 5.25. The van der Waals surface area contributed by atoms with Gasteiger partial charge in [-0.15, -0.1) is 0 Å². The van der Waals surface area contributed by atoms with Crippen LogP contribution in [0.15, 0.2) is 42.5 Å². The molecule has 2 heteroatoms. The van der Waals surface area contributed by atoms with E-state index in [1.165, 1.54) is 22.3 Å². The van der Waals surface area contributed by atoms with E-state index in [2.05, 4.69) is 60.1 Å². The molecule has 0 bridgehead atoms. The van der Waals surface area contributed by atoms with Crippen LogP contribution < -0.4 is 0 Å². The second-order valence-corrected chi connectivity index (χ2v) is 6.26. The van der Waals surface area contributed by atoms with Crippen LogP contribution in [0.25, 0.3) is 0 Å². The molecular weight excluding hydrogens is 308 g/mol. The summed E-state index contributed by atoms with van der Waals surface area (Å²) in [5.74, 6) is 0. The fourth-order valence-electron chi connectivity index (χ4n) is 2.14. The third-order valence-corrected chi connectivity index (χ3v) is 4.04. The van der Waals surface area contributed by atoms with Crippen LogP contribution in [0.4, 0.5) is 0 Å². The van der Waals surface area contributed by atoms with E-state index in [-0.39, 0.29) is 0 Å². The van der Waals surface area contributed by atoms with E-state index in [4.69, 9.17) is 11.6 Å². The number of alkyl halides is 1. The molecule has 1 unspecified atom stereocenters. The Kier molecular flexibility index (Phi) is 4.47. The molecular formula is C16H16BrCl. The molecule has 0 spiro atoms. The summed E-state index contributed by atoms with van der Waals surface area (Å²) >= 11 is 9.67. The minimum atomic E-state index is 0.345. The van der Waals surface area contributed by atoms with E-state index >= 15 is 0 Å². The molecule has 2 rings (SSSR count). The van der Waals surface area contributed by atoms with Gasteiger partial charge in [0.2, 0.25) is 0 Å². The molecule has 0 aliphatic heterocycles. The molecule has 18 heavy (non-hydrogen) atoms. The van der Waals surface area contributed by atoms with Gasteiger partial charge in [-0.2, -0.15) is 0 Å². The molecule has 2 aromatic carbocycles. The van der Waals surface area contributed by atoms with E-state index in [0.717, 1.165) is 11.4 Å². The van der Waals surface area contributed by atoms with Crippen LogP contribution in [-0.2, 0) is 6.42 Å². The van der Waals surface area contributed by atoms with Crippen molar-refractivity contribution in [1.29, 1.82) is 0 Å². The quantitative estimate of drug-likeness (QED) is 0.642. The van der Waals surface area contributed by atoms with Gasteiger partial charge >= 0.3 is 0 Å². The zero-order chi connectivity index (χ0) is 13.1. The molecule has 0 amide bonds. The Bertz CT molecular complexity index is 511. The molecule has 0 aliphatic carbocycles. The molecule has 0 fully saturated rings. The molecule has 0 radical (unpaired) electrons. The molecule has 1 atom stereocenters. The Hall–Kier alpha value is -0.790. The Morgan fingerprint density at radius 3 is 2.11 bits per heavy atom. The minimum absolute atomic E-state index is 0.345. The third kappa shape index (κ3) is 3.60. The minimum Gasteiger partial charge on any atom is -0.0843 e. The first-order valence-electron chi connectivity index (χ1n) is 6.01. The number of hydrogen-bond donors (Lipinski definition) is 0. The van der Waals surface area contributed by atoms with Crippen molar-refractivity contribution in [3.8, 4) is 0 Å². The smallest absolute Gasteiger partial charge is 0.0435 e. The second-order valence-electron chi connectivity index (χ2n) is 4.72. The van der Waals surface area contributed by atoms with Crippen LogP contribution in [0.2, 0.25) is 5.02 Å². The van der Waals surface area contributed by atoms with Crippen LogP contribution in [0.3, 0.4) is 0 Å². The van der Waals surface area contributed by atoms with E-state index in [9.17, 15) is 0 Å². The van der Waals surface area contributed by atoms with Crippen LogP contribution >= 0.6 is 27.5 Å². The van der Waals surface area contributed by atoms with E-state index in [0.29, 0.717) is 4.83 Å². The summed E-state index contributed by atoms with van der Waals surface area (Å²) < 4.78 is 0. The van der Waals surface area contributed by atoms with Gasteiger partial charge in [0.15, 0.2) is 0 Å². The maximum absolute atomic E-state index is 5.90. The first-order chi connectivity index (χ1) is 8.54. The van der Waals surface area contributed by atoms with Crippen molar-refractivity contribution < 1.29 is 0 Å². The first-order valence-corrected chi connectivity index (χ1v) is 7.30. The summed E-state index contributed by atoms with van der Waals surface area (Å²) in [6.45, 7) is 4.27. The molecule has 0 aromatic heterocycles. The number of benzene rings is 2. The fraction of sp³-hybridized carbons (Fsp3) is 0.250. The molecule has 0 nitrogen and oxygen atoms in total. The Labute approximate surface area is 122 Å². The van der Waals surface area contributed by atoms with Crippen molar-refractivity contribution in [3.05, 3.63) is 69.7 Å². The van der Waals surface area contributed by atoms with Crippen LogP contribution in [0.5, 0.6) is 0 Å². The Morgan fingerprint density at radius 1 is 1.00 bits per heavy atom. The summed E-state index contributed by atoms with van der Waals surface area (Å²) in [6, 6.07) is 14.7. The molecule has 2 aromatic rings. The van der Waals surface area contributed by atoms with Crippen molar-refractivity contribution in [2.45, 2.75) is 25.1 Å². The highest BCUT2D eigenvalue weighted by molar-refractivity contribution is 9.09. The topological polar surface area (TPSA) is 0 Å². The zero-order valence-corrected chi connectivity index (χ0v) is 12.9.